The van der Waals surface area contributed by atoms with Gasteiger partial charge in [-0.25, -0.2) is 0 Å². The van der Waals surface area contributed by atoms with Crippen LogP contribution in [0.1, 0.15) is 54.4 Å². The molecule has 1 aliphatic heterocycles. The van der Waals surface area contributed by atoms with Crippen molar-refractivity contribution in [3.8, 4) is 11.5 Å². The predicted octanol–water partition coefficient (Wildman–Crippen LogP) is 4.88. The van der Waals surface area contributed by atoms with Gasteiger partial charge in [-0.2, -0.15) is 0 Å². The summed E-state index contributed by atoms with van der Waals surface area (Å²) in [6.45, 7) is 1.86. The number of Topliss-reactive ketones (excluding diaryl/α,β-unsaturated/α-hetero) is 1. The normalized spacial score (nSPS) is 16.4. The summed E-state index contributed by atoms with van der Waals surface area (Å²) in [6.07, 6.45) is 8.12. The van der Waals surface area contributed by atoms with Crippen LogP contribution in [0.5, 0.6) is 11.5 Å². The van der Waals surface area contributed by atoms with Crippen molar-refractivity contribution in [2.45, 2.75) is 51.6 Å². The Morgan fingerprint density at radius 2 is 1.73 bits per heavy atom. The first kappa shape index (κ1) is 21.6. The molecule has 1 saturated carbocycles. The number of hydrogen-bond acceptors (Lipinski definition) is 4. The van der Waals surface area contributed by atoms with Crippen LogP contribution in [0.15, 0.2) is 48.7 Å². The van der Waals surface area contributed by atoms with E-state index in [1.165, 1.54) is 6.42 Å². The Labute approximate surface area is 193 Å². The van der Waals surface area contributed by atoms with Gasteiger partial charge in [0.1, 0.15) is 6.54 Å². The van der Waals surface area contributed by atoms with Crippen molar-refractivity contribution in [2.24, 2.45) is 5.92 Å². The van der Waals surface area contributed by atoms with Crippen LogP contribution in [-0.2, 0) is 17.9 Å². The molecule has 1 amide bonds. The van der Waals surface area contributed by atoms with E-state index in [1.54, 1.807) is 0 Å². The first-order valence-corrected chi connectivity index (χ1v) is 12.0. The lowest BCUT2D eigenvalue weighted by atomic mass is 9.84. The maximum atomic E-state index is 13.2. The zero-order valence-electron chi connectivity index (χ0n) is 18.8. The van der Waals surface area contributed by atoms with Gasteiger partial charge in [0.15, 0.2) is 17.3 Å². The highest BCUT2D eigenvalue weighted by molar-refractivity contribution is 6.09. The minimum atomic E-state index is -0.0977. The second-order valence-corrected chi connectivity index (χ2v) is 9.00. The molecule has 3 aromatic rings. The number of nitrogens with one attached hydrogen (secondary N) is 1. The SMILES string of the molecule is O=C(Cn1cc(C(=O)C2CCCCC2)c2ccccc21)NCc1ccc2c(c1)OCCCO2. The third-order valence-electron chi connectivity index (χ3n) is 6.65. The number of carbonyl (C=O) groups is 2. The minimum Gasteiger partial charge on any atom is -0.490 e. The number of fused-ring (bicyclic) bond motifs is 2. The average molecular weight is 447 g/mol. The zero-order valence-corrected chi connectivity index (χ0v) is 18.8. The van der Waals surface area contributed by atoms with E-state index in [-0.39, 0.29) is 24.2 Å². The number of ketones is 1. The summed E-state index contributed by atoms with van der Waals surface area (Å²) < 4.78 is 13.3. The largest absolute Gasteiger partial charge is 0.490 e. The second kappa shape index (κ2) is 9.69. The predicted molar refractivity (Wildman–Crippen MR) is 127 cm³/mol. The molecule has 0 radical (unpaired) electrons. The smallest absolute Gasteiger partial charge is 0.240 e. The van der Waals surface area contributed by atoms with Crippen molar-refractivity contribution in [1.29, 1.82) is 0 Å². The number of rotatable bonds is 6. The quantitative estimate of drug-likeness (QED) is 0.548. The molecule has 1 fully saturated rings. The monoisotopic (exact) mass is 446 g/mol. The molecule has 2 aromatic carbocycles. The molecule has 33 heavy (non-hydrogen) atoms. The molecule has 2 aliphatic rings. The summed E-state index contributed by atoms with van der Waals surface area (Å²) in [7, 11) is 0. The standard InChI is InChI=1S/C27H30N2O4/c30-26(28-16-19-11-12-24-25(15-19)33-14-6-13-32-24)18-29-17-22(21-9-4-5-10-23(21)29)27(31)20-7-2-1-3-8-20/h4-5,9-12,15,17,20H,1-3,6-8,13-14,16,18H2,(H,28,30). The van der Waals surface area contributed by atoms with Gasteiger partial charge in [-0.15, -0.1) is 0 Å². The third kappa shape index (κ3) is 4.75. The van der Waals surface area contributed by atoms with E-state index < -0.39 is 0 Å². The summed E-state index contributed by atoms with van der Waals surface area (Å²) in [6, 6.07) is 13.6. The van der Waals surface area contributed by atoms with Crippen molar-refractivity contribution in [3.05, 3.63) is 59.8 Å². The molecule has 6 heteroatoms. The maximum Gasteiger partial charge on any atom is 0.240 e. The van der Waals surface area contributed by atoms with Crippen molar-refractivity contribution in [3.63, 3.8) is 0 Å². The van der Waals surface area contributed by atoms with Crippen LogP contribution in [0.4, 0.5) is 0 Å². The van der Waals surface area contributed by atoms with Crippen molar-refractivity contribution < 1.29 is 19.1 Å². The Hall–Kier alpha value is -3.28. The molecule has 5 rings (SSSR count). The molecule has 0 unspecified atom stereocenters. The van der Waals surface area contributed by atoms with E-state index in [0.717, 1.165) is 65.6 Å². The number of para-hydroxylation sites is 1. The van der Waals surface area contributed by atoms with E-state index in [2.05, 4.69) is 5.32 Å². The van der Waals surface area contributed by atoms with E-state index >= 15 is 0 Å². The van der Waals surface area contributed by atoms with Gasteiger partial charge in [-0.05, 0) is 36.6 Å². The van der Waals surface area contributed by atoms with Crippen LogP contribution in [0.25, 0.3) is 10.9 Å². The second-order valence-electron chi connectivity index (χ2n) is 9.00. The van der Waals surface area contributed by atoms with Gasteiger partial charge < -0.3 is 19.4 Å². The number of nitrogens with zero attached hydrogens (tertiary/aromatic N) is 1. The third-order valence-corrected chi connectivity index (χ3v) is 6.65. The van der Waals surface area contributed by atoms with Gasteiger partial charge in [0.25, 0.3) is 0 Å². The highest BCUT2D eigenvalue weighted by Gasteiger charge is 2.25. The number of amides is 1. The molecule has 0 atom stereocenters. The van der Waals surface area contributed by atoms with Gasteiger partial charge >= 0.3 is 0 Å². The van der Waals surface area contributed by atoms with Crippen LogP contribution in [0.2, 0.25) is 0 Å². The molecule has 2 heterocycles. The summed E-state index contributed by atoms with van der Waals surface area (Å²) in [4.78, 5) is 26.0. The summed E-state index contributed by atoms with van der Waals surface area (Å²) in [5.74, 6) is 1.70. The van der Waals surface area contributed by atoms with Crippen LogP contribution >= 0.6 is 0 Å². The molecule has 0 saturated heterocycles. The number of carbonyl (C=O) groups excluding carboxylic acids is 2. The first-order chi connectivity index (χ1) is 16.2. The molecular formula is C27H30N2O4. The lowest BCUT2D eigenvalue weighted by Crippen LogP contribution is -2.27. The van der Waals surface area contributed by atoms with E-state index in [0.29, 0.717) is 19.8 Å². The Morgan fingerprint density at radius 3 is 2.58 bits per heavy atom. The Balaban J connectivity index is 1.28. The summed E-state index contributed by atoms with van der Waals surface area (Å²) in [5.41, 5.74) is 2.62. The van der Waals surface area contributed by atoms with E-state index in [1.807, 2.05) is 53.2 Å². The van der Waals surface area contributed by atoms with Crippen molar-refractivity contribution in [2.75, 3.05) is 13.2 Å². The van der Waals surface area contributed by atoms with Gasteiger partial charge in [-0.3, -0.25) is 9.59 Å². The number of ether oxygens (including phenoxy) is 2. The molecule has 0 spiro atoms. The van der Waals surface area contributed by atoms with E-state index in [4.69, 9.17) is 9.47 Å². The fourth-order valence-electron chi connectivity index (χ4n) is 4.89. The molecule has 0 bridgehead atoms. The average Bonchev–Trinajstić information content (AvgIpc) is 3.04. The molecule has 1 N–H and O–H groups in total. The van der Waals surface area contributed by atoms with Gasteiger partial charge in [-0.1, -0.05) is 43.5 Å². The first-order valence-electron chi connectivity index (χ1n) is 12.0. The maximum absolute atomic E-state index is 13.2. The fourth-order valence-corrected chi connectivity index (χ4v) is 4.89. The lowest BCUT2D eigenvalue weighted by Gasteiger charge is -2.19. The number of benzene rings is 2. The molecule has 172 valence electrons. The lowest BCUT2D eigenvalue weighted by molar-refractivity contribution is -0.121. The van der Waals surface area contributed by atoms with Crippen LogP contribution in [0, 0.1) is 5.92 Å². The Kier molecular flexibility index (Phi) is 6.33. The summed E-state index contributed by atoms with van der Waals surface area (Å²) in [5, 5.41) is 3.93. The van der Waals surface area contributed by atoms with Crippen molar-refractivity contribution in [1.82, 2.24) is 9.88 Å². The molecule has 1 aromatic heterocycles. The van der Waals surface area contributed by atoms with Gasteiger partial charge in [0, 0.05) is 41.5 Å². The molecule has 6 nitrogen and oxygen atoms in total. The van der Waals surface area contributed by atoms with Crippen LogP contribution in [-0.4, -0.2) is 29.5 Å². The van der Waals surface area contributed by atoms with Gasteiger partial charge in [0.2, 0.25) is 5.91 Å². The van der Waals surface area contributed by atoms with Crippen molar-refractivity contribution >= 4 is 22.6 Å². The van der Waals surface area contributed by atoms with Crippen LogP contribution < -0.4 is 14.8 Å². The Bertz CT molecular complexity index is 1160. The Morgan fingerprint density at radius 1 is 0.939 bits per heavy atom. The molecular weight excluding hydrogens is 416 g/mol. The fraction of sp³-hybridized carbons (Fsp3) is 0.407. The topological polar surface area (TPSA) is 69.6 Å². The summed E-state index contributed by atoms with van der Waals surface area (Å²) >= 11 is 0. The van der Waals surface area contributed by atoms with Gasteiger partial charge in [0.05, 0.1) is 13.2 Å². The minimum absolute atomic E-state index is 0.0977. The van der Waals surface area contributed by atoms with Crippen LogP contribution in [0.3, 0.4) is 0 Å². The number of hydrogen-bond donors (Lipinski definition) is 1. The molecule has 1 aliphatic carbocycles. The zero-order chi connectivity index (χ0) is 22.6. The highest BCUT2D eigenvalue weighted by Crippen LogP contribution is 2.31. The number of aromatic nitrogens is 1. The highest BCUT2D eigenvalue weighted by atomic mass is 16.5. The van der Waals surface area contributed by atoms with E-state index in [9.17, 15) is 9.59 Å².